The zero-order valence-corrected chi connectivity index (χ0v) is 16.9. The molecule has 1 aliphatic rings. The van der Waals surface area contributed by atoms with Gasteiger partial charge < -0.3 is 10.4 Å². The second-order valence-electron chi connectivity index (χ2n) is 7.06. The van der Waals surface area contributed by atoms with E-state index in [-0.39, 0.29) is 12.5 Å². The molecule has 3 aromatic rings. The number of aromatic nitrogens is 1. The van der Waals surface area contributed by atoms with E-state index in [9.17, 15) is 5.11 Å². The summed E-state index contributed by atoms with van der Waals surface area (Å²) in [7, 11) is 0. The van der Waals surface area contributed by atoms with Crippen molar-refractivity contribution in [3.8, 4) is 9.88 Å². The van der Waals surface area contributed by atoms with Gasteiger partial charge in [0.2, 0.25) is 0 Å². The molecule has 2 atom stereocenters. The summed E-state index contributed by atoms with van der Waals surface area (Å²) in [5.41, 5.74) is 2.43. The summed E-state index contributed by atoms with van der Waals surface area (Å²) in [6.45, 7) is 3.93. The fourth-order valence-corrected chi connectivity index (χ4v) is 5.32. The highest BCUT2D eigenvalue weighted by Gasteiger charge is 2.28. The molecule has 0 bridgehead atoms. The number of aliphatic hydroxyl groups excluding tert-OH is 1. The number of hydrogen-bond donors (Lipinski definition) is 2. The Balaban J connectivity index is 1.30. The van der Waals surface area contributed by atoms with Crippen LogP contribution in [-0.2, 0) is 13.1 Å². The molecule has 0 aliphatic carbocycles. The minimum absolute atomic E-state index is 0.223. The lowest BCUT2D eigenvalue weighted by Crippen LogP contribution is -2.50. The van der Waals surface area contributed by atoms with Gasteiger partial charge in [-0.3, -0.25) is 4.90 Å². The van der Waals surface area contributed by atoms with Crippen LogP contribution in [0.3, 0.4) is 0 Å². The molecule has 0 spiro atoms. The van der Waals surface area contributed by atoms with E-state index in [0.717, 1.165) is 43.3 Å². The monoisotopic (exact) mass is 399 g/mol. The van der Waals surface area contributed by atoms with Crippen molar-refractivity contribution in [2.24, 2.45) is 5.92 Å². The molecule has 0 saturated carbocycles. The number of benzene rings is 1. The summed E-state index contributed by atoms with van der Waals surface area (Å²) in [6, 6.07) is 15.1. The minimum Gasteiger partial charge on any atom is -0.396 e. The van der Waals surface area contributed by atoms with Crippen LogP contribution in [0.15, 0.2) is 53.2 Å². The van der Waals surface area contributed by atoms with E-state index in [4.69, 9.17) is 4.98 Å². The molecular formula is C21H25N3OS2. The summed E-state index contributed by atoms with van der Waals surface area (Å²) in [6.07, 6.45) is 1.06. The molecule has 4 rings (SSSR count). The highest BCUT2D eigenvalue weighted by atomic mass is 32.1. The summed E-state index contributed by atoms with van der Waals surface area (Å²) in [4.78, 5) is 8.43. The summed E-state index contributed by atoms with van der Waals surface area (Å²) < 4.78 is 0. The SMILES string of the molecule is OC[C@H]1CN(Cc2ccccc2)CC[C@@H]1NCc1csc(-c2cccs2)n1. The van der Waals surface area contributed by atoms with Crippen LogP contribution in [0.2, 0.25) is 0 Å². The number of likely N-dealkylation sites (tertiary alicyclic amines) is 1. The number of hydrogen-bond acceptors (Lipinski definition) is 6. The molecule has 2 aromatic heterocycles. The van der Waals surface area contributed by atoms with Gasteiger partial charge in [-0.2, -0.15) is 0 Å². The van der Waals surface area contributed by atoms with Gasteiger partial charge in [0, 0.05) is 43.6 Å². The Bertz CT molecular complexity index is 819. The topological polar surface area (TPSA) is 48.4 Å². The van der Waals surface area contributed by atoms with Crippen molar-refractivity contribution in [1.82, 2.24) is 15.2 Å². The lowest BCUT2D eigenvalue weighted by molar-refractivity contribution is 0.0848. The molecule has 6 heteroatoms. The highest BCUT2D eigenvalue weighted by Crippen LogP contribution is 2.28. The average molecular weight is 400 g/mol. The lowest BCUT2D eigenvalue weighted by Gasteiger charge is -2.38. The molecule has 1 fully saturated rings. The van der Waals surface area contributed by atoms with E-state index in [1.807, 2.05) is 0 Å². The van der Waals surface area contributed by atoms with Crippen LogP contribution in [0.5, 0.6) is 0 Å². The quantitative estimate of drug-likeness (QED) is 0.634. The number of nitrogens with one attached hydrogen (secondary N) is 1. The molecule has 3 heterocycles. The molecular weight excluding hydrogens is 374 g/mol. The predicted octanol–water partition coefficient (Wildman–Crippen LogP) is 3.84. The summed E-state index contributed by atoms with van der Waals surface area (Å²) >= 11 is 3.43. The van der Waals surface area contributed by atoms with Crippen molar-refractivity contribution >= 4 is 22.7 Å². The number of thiazole rings is 1. The van der Waals surface area contributed by atoms with Crippen LogP contribution in [0.1, 0.15) is 17.7 Å². The van der Waals surface area contributed by atoms with Crippen LogP contribution in [0.25, 0.3) is 9.88 Å². The van der Waals surface area contributed by atoms with Crippen molar-refractivity contribution in [3.05, 3.63) is 64.5 Å². The van der Waals surface area contributed by atoms with Crippen LogP contribution < -0.4 is 5.32 Å². The van der Waals surface area contributed by atoms with Gasteiger partial charge in [0.15, 0.2) is 0 Å². The molecule has 2 N–H and O–H groups in total. The maximum Gasteiger partial charge on any atom is 0.133 e. The molecule has 0 radical (unpaired) electrons. The molecule has 27 heavy (non-hydrogen) atoms. The number of rotatable bonds is 7. The van der Waals surface area contributed by atoms with Crippen molar-refractivity contribution in [1.29, 1.82) is 0 Å². The third kappa shape index (κ3) is 4.83. The average Bonchev–Trinajstić information content (AvgIpc) is 3.39. The standard InChI is InChI=1S/C21H25N3OS2/c25-14-17-13-24(12-16-5-2-1-3-6-16)9-8-19(17)22-11-18-15-27-21(23-18)20-7-4-10-26-20/h1-7,10,15,17,19,22,25H,8-9,11-14H2/t17-,19+/m1/s1. The molecule has 1 aliphatic heterocycles. The zero-order chi connectivity index (χ0) is 18.5. The number of nitrogens with zero attached hydrogens (tertiary/aromatic N) is 2. The molecule has 1 aromatic carbocycles. The van der Waals surface area contributed by atoms with E-state index in [1.165, 1.54) is 10.4 Å². The van der Waals surface area contributed by atoms with Gasteiger partial charge >= 0.3 is 0 Å². The Morgan fingerprint density at radius 2 is 2.04 bits per heavy atom. The Morgan fingerprint density at radius 1 is 1.15 bits per heavy atom. The molecule has 0 unspecified atom stereocenters. The van der Waals surface area contributed by atoms with E-state index in [0.29, 0.717) is 6.04 Å². The zero-order valence-electron chi connectivity index (χ0n) is 15.3. The van der Waals surface area contributed by atoms with E-state index in [2.05, 4.69) is 63.4 Å². The third-order valence-corrected chi connectivity index (χ3v) is 7.06. The van der Waals surface area contributed by atoms with Gasteiger partial charge in [0.1, 0.15) is 5.01 Å². The molecule has 1 saturated heterocycles. The fraction of sp³-hybridized carbons (Fsp3) is 0.381. The number of thiophene rings is 1. The van der Waals surface area contributed by atoms with Crippen LogP contribution in [0.4, 0.5) is 0 Å². The Kier molecular flexibility index (Phi) is 6.32. The van der Waals surface area contributed by atoms with Crippen LogP contribution in [-0.4, -0.2) is 40.7 Å². The third-order valence-electron chi connectivity index (χ3n) is 5.13. The Hall–Kier alpha value is -1.57. The van der Waals surface area contributed by atoms with Crippen molar-refractivity contribution in [3.63, 3.8) is 0 Å². The van der Waals surface area contributed by atoms with Gasteiger partial charge in [-0.05, 0) is 30.0 Å². The largest absolute Gasteiger partial charge is 0.396 e. The number of aliphatic hydroxyl groups is 1. The smallest absolute Gasteiger partial charge is 0.133 e. The molecule has 142 valence electrons. The highest BCUT2D eigenvalue weighted by molar-refractivity contribution is 7.20. The van der Waals surface area contributed by atoms with E-state index < -0.39 is 0 Å². The molecule has 4 nitrogen and oxygen atoms in total. The van der Waals surface area contributed by atoms with E-state index in [1.54, 1.807) is 22.7 Å². The lowest BCUT2D eigenvalue weighted by atomic mass is 9.92. The van der Waals surface area contributed by atoms with Crippen molar-refractivity contribution < 1.29 is 5.11 Å². The predicted molar refractivity (Wildman–Crippen MR) is 113 cm³/mol. The maximum absolute atomic E-state index is 9.89. The first-order chi connectivity index (χ1) is 13.3. The maximum atomic E-state index is 9.89. The normalized spacial score (nSPS) is 20.8. The summed E-state index contributed by atoms with van der Waals surface area (Å²) in [5.74, 6) is 0.262. The van der Waals surface area contributed by atoms with Gasteiger partial charge in [-0.1, -0.05) is 36.4 Å². The first-order valence-corrected chi connectivity index (χ1v) is 11.2. The second kappa shape index (κ2) is 9.08. The van der Waals surface area contributed by atoms with Crippen LogP contribution in [0, 0.1) is 5.92 Å². The first kappa shape index (κ1) is 18.8. The van der Waals surface area contributed by atoms with Crippen LogP contribution >= 0.6 is 22.7 Å². The molecule has 0 amide bonds. The van der Waals surface area contributed by atoms with E-state index >= 15 is 0 Å². The second-order valence-corrected chi connectivity index (χ2v) is 8.87. The fourth-order valence-electron chi connectivity index (χ4n) is 3.68. The Morgan fingerprint density at radius 3 is 2.81 bits per heavy atom. The first-order valence-electron chi connectivity index (χ1n) is 9.40. The Labute approximate surface area is 168 Å². The van der Waals surface area contributed by atoms with Crippen molar-refractivity contribution in [2.75, 3.05) is 19.7 Å². The summed E-state index contributed by atoms with van der Waals surface area (Å²) in [5, 5.41) is 18.9. The number of piperidine rings is 1. The van der Waals surface area contributed by atoms with Gasteiger partial charge in [0.05, 0.1) is 10.6 Å². The van der Waals surface area contributed by atoms with Crippen molar-refractivity contribution in [2.45, 2.75) is 25.6 Å². The minimum atomic E-state index is 0.223. The van der Waals surface area contributed by atoms with Gasteiger partial charge in [-0.25, -0.2) is 4.98 Å². The van der Waals surface area contributed by atoms with Gasteiger partial charge in [0.25, 0.3) is 0 Å². The van der Waals surface area contributed by atoms with Gasteiger partial charge in [-0.15, -0.1) is 22.7 Å².